The predicted octanol–water partition coefficient (Wildman–Crippen LogP) is 4.34. The maximum atomic E-state index is 9.42. The van der Waals surface area contributed by atoms with Crippen molar-refractivity contribution in [1.82, 2.24) is 0 Å². The molecular formula is C15H15Br2NO. The highest BCUT2D eigenvalue weighted by Crippen LogP contribution is 2.26. The summed E-state index contributed by atoms with van der Waals surface area (Å²) in [6.45, 7) is 0.842. The summed E-state index contributed by atoms with van der Waals surface area (Å²) >= 11 is 6.96. The summed E-state index contributed by atoms with van der Waals surface area (Å²) in [5.41, 5.74) is 3.19. The maximum Gasteiger partial charge on any atom is 0.0702 e. The lowest BCUT2D eigenvalue weighted by molar-refractivity contribution is 0.282. The molecule has 2 aromatic rings. The van der Waals surface area contributed by atoms with Crippen LogP contribution in [-0.4, -0.2) is 12.2 Å². The molecule has 2 aromatic carbocycles. The Morgan fingerprint density at radius 3 is 2.47 bits per heavy atom. The molecule has 100 valence electrons. The van der Waals surface area contributed by atoms with Crippen LogP contribution in [0.5, 0.6) is 0 Å². The normalized spacial score (nSPS) is 10.5. The summed E-state index contributed by atoms with van der Waals surface area (Å²) in [7, 11) is 2.03. The highest BCUT2D eigenvalue weighted by molar-refractivity contribution is 9.10. The zero-order valence-corrected chi connectivity index (χ0v) is 13.8. The number of hydrogen-bond acceptors (Lipinski definition) is 2. The van der Waals surface area contributed by atoms with Crippen molar-refractivity contribution in [3.8, 4) is 0 Å². The first-order chi connectivity index (χ1) is 9.10. The van der Waals surface area contributed by atoms with Gasteiger partial charge in [0, 0.05) is 33.8 Å². The quantitative estimate of drug-likeness (QED) is 0.847. The van der Waals surface area contributed by atoms with Crippen LogP contribution in [0.25, 0.3) is 0 Å². The topological polar surface area (TPSA) is 23.5 Å². The molecule has 1 N–H and O–H groups in total. The van der Waals surface area contributed by atoms with E-state index in [2.05, 4.69) is 48.9 Å². The van der Waals surface area contributed by atoms with E-state index < -0.39 is 0 Å². The number of hydrogen-bond donors (Lipinski definition) is 1. The minimum absolute atomic E-state index is 0.0471. The van der Waals surface area contributed by atoms with Crippen molar-refractivity contribution in [1.29, 1.82) is 0 Å². The van der Waals surface area contributed by atoms with Crippen molar-refractivity contribution in [2.45, 2.75) is 13.2 Å². The molecule has 0 fully saturated rings. The largest absolute Gasteiger partial charge is 0.392 e. The van der Waals surface area contributed by atoms with Crippen molar-refractivity contribution in [2.24, 2.45) is 0 Å². The van der Waals surface area contributed by atoms with Gasteiger partial charge < -0.3 is 10.0 Å². The van der Waals surface area contributed by atoms with Gasteiger partial charge in [-0.1, -0.05) is 50.1 Å². The molecule has 0 radical (unpaired) electrons. The van der Waals surface area contributed by atoms with E-state index >= 15 is 0 Å². The number of benzene rings is 2. The fraction of sp³-hybridized carbons (Fsp3) is 0.200. The van der Waals surface area contributed by atoms with Crippen LogP contribution < -0.4 is 4.90 Å². The van der Waals surface area contributed by atoms with Crippen molar-refractivity contribution >= 4 is 37.5 Å². The van der Waals surface area contributed by atoms with Crippen LogP contribution in [0.15, 0.2) is 51.4 Å². The maximum absolute atomic E-state index is 9.42. The summed E-state index contributed by atoms with van der Waals surface area (Å²) in [6.07, 6.45) is 0. The van der Waals surface area contributed by atoms with Gasteiger partial charge in [0.2, 0.25) is 0 Å². The SMILES string of the molecule is CN(Cc1cccc(Br)c1)c1cc(Br)ccc1CO. The van der Waals surface area contributed by atoms with Gasteiger partial charge in [-0.25, -0.2) is 0 Å². The fourth-order valence-corrected chi connectivity index (χ4v) is 2.82. The van der Waals surface area contributed by atoms with E-state index in [1.54, 1.807) is 0 Å². The van der Waals surface area contributed by atoms with Crippen LogP contribution in [0.4, 0.5) is 5.69 Å². The number of aliphatic hydroxyl groups excluding tert-OH is 1. The fourth-order valence-electron chi connectivity index (χ4n) is 2.02. The molecule has 0 aliphatic carbocycles. The zero-order chi connectivity index (χ0) is 13.8. The van der Waals surface area contributed by atoms with Gasteiger partial charge in [-0.15, -0.1) is 0 Å². The van der Waals surface area contributed by atoms with E-state index in [1.807, 2.05) is 37.4 Å². The smallest absolute Gasteiger partial charge is 0.0702 e. The predicted molar refractivity (Wildman–Crippen MR) is 86.3 cm³/mol. The van der Waals surface area contributed by atoms with E-state index in [0.717, 1.165) is 26.7 Å². The minimum atomic E-state index is 0.0471. The van der Waals surface area contributed by atoms with Crippen molar-refractivity contribution < 1.29 is 5.11 Å². The number of rotatable bonds is 4. The molecule has 0 spiro atoms. The molecule has 0 bridgehead atoms. The molecule has 0 heterocycles. The summed E-state index contributed by atoms with van der Waals surface area (Å²) < 4.78 is 2.09. The Labute approximate surface area is 130 Å². The summed E-state index contributed by atoms with van der Waals surface area (Å²) in [4.78, 5) is 2.14. The van der Waals surface area contributed by atoms with Crippen LogP contribution in [0.3, 0.4) is 0 Å². The Hall–Kier alpha value is -0.840. The average molecular weight is 385 g/mol. The molecule has 2 rings (SSSR count). The lowest BCUT2D eigenvalue weighted by atomic mass is 10.1. The molecular weight excluding hydrogens is 370 g/mol. The molecule has 0 aromatic heterocycles. The van der Waals surface area contributed by atoms with E-state index in [9.17, 15) is 5.11 Å². The number of aliphatic hydroxyl groups is 1. The Kier molecular flexibility index (Phi) is 5.02. The lowest BCUT2D eigenvalue weighted by Gasteiger charge is -2.22. The summed E-state index contributed by atoms with van der Waals surface area (Å²) in [6, 6.07) is 14.2. The highest BCUT2D eigenvalue weighted by Gasteiger charge is 2.08. The third-order valence-electron chi connectivity index (χ3n) is 2.94. The summed E-state index contributed by atoms with van der Waals surface area (Å²) in [5, 5.41) is 9.42. The second-order valence-corrected chi connectivity index (χ2v) is 6.25. The standard InChI is InChI=1S/C15H15Br2NO/c1-18(9-11-3-2-4-13(16)7-11)15-8-14(17)6-5-12(15)10-19/h2-8,19H,9-10H2,1H3. The molecule has 0 aliphatic rings. The van der Waals surface area contributed by atoms with Gasteiger partial charge in [0.1, 0.15) is 0 Å². The van der Waals surface area contributed by atoms with Crippen LogP contribution in [0, 0.1) is 0 Å². The molecule has 0 amide bonds. The Morgan fingerprint density at radius 2 is 1.79 bits per heavy atom. The van der Waals surface area contributed by atoms with Crippen LogP contribution in [-0.2, 0) is 13.2 Å². The molecule has 0 aliphatic heterocycles. The molecule has 0 saturated carbocycles. The van der Waals surface area contributed by atoms with Crippen LogP contribution in [0.2, 0.25) is 0 Å². The van der Waals surface area contributed by atoms with Crippen LogP contribution >= 0.6 is 31.9 Å². The van der Waals surface area contributed by atoms with E-state index in [-0.39, 0.29) is 6.61 Å². The molecule has 0 atom stereocenters. The Morgan fingerprint density at radius 1 is 1.05 bits per heavy atom. The van der Waals surface area contributed by atoms with Crippen molar-refractivity contribution in [3.63, 3.8) is 0 Å². The van der Waals surface area contributed by atoms with Gasteiger partial charge >= 0.3 is 0 Å². The van der Waals surface area contributed by atoms with Gasteiger partial charge in [-0.3, -0.25) is 0 Å². The van der Waals surface area contributed by atoms with Crippen molar-refractivity contribution in [3.05, 3.63) is 62.5 Å². The molecule has 4 heteroatoms. The van der Waals surface area contributed by atoms with Gasteiger partial charge in [-0.05, 0) is 29.8 Å². The van der Waals surface area contributed by atoms with E-state index in [0.29, 0.717) is 0 Å². The molecule has 19 heavy (non-hydrogen) atoms. The van der Waals surface area contributed by atoms with Gasteiger partial charge in [0.25, 0.3) is 0 Å². The summed E-state index contributed by atoms with van der Waals surface area (Å²) in [5.74, 6) is 0. The van der Waals surface area contributed by atoms with E-state index in [1.165, 1.54) is 5.56 Å². The second-order valence-electron chi connectivity index (χ2n) is 4.42. The number of nitrogens with zero attached hydrogens (tertiary/aromatic N) is 1. The first kappa shape index (κ1) is 14.6. The number of anilines is 1. The third kappa shape index (κ3) is 3.81. The Balaban J connectivity index is 2.24. The van der Waals surface area contributed by atoms with Gasteiger partial charge in [0.15, 0.2) is 0 Å². The van der Waals surface area contributed by atoms with E-state index in [4.69, 9.17) is 0 Å². The van der Waals surface area contributed by atoms with Gasteiger partial charge in [-0.2, -0.15) is 0 Å². The zero-order valence-electron chi connectivity index (χ0n) is 10.6. The first-order valence-corrected chi connectivity index (χ1v) is 7.53. The minimum Gasteiger partial charge on any atom is -0.392 e. The third-order valence-corrected chi connectivity index (χ3v) is 3.92. The highest BCUT2D eigenvalue weighted by atomic mass is 79.9. The molecule has 0 unspecified atom stereocenters. The van der Waals surface area contributed by atoms with Crippen LogP contribution in [0.1, 0.15) is 11.1 Å². The molecule has 2 nitrogen and oxygen atoms in total. The second kappa shape index (κ2) is 6.55. The monoisotopic (exact) mass is 383 g/mol. The molecule has 0 saturated heterocycles. The van der Waals surface area contributed by atoms with Gasteiger partial charge in [0.05, 0.1) is 6.61 Å². The lowest BCUT2D eigenvalue weighted by Crippen LogP contribution is -2.18. The van der Waals surface area contributed by atoms with Crippen molar-refractivity contribution in [2.75, 3.05) is 11.9 Å². The average Bonchev–Trinajstić information content (AvgIpc) is 2.38. The Bertz CT molecular complexity index is 572. The number of halogens is 2. The first-order valence-electron chi connectivity index (χ1n) is 5.95.